The second-order valence-electron chi connectivity index (χ2n) is 4.12. The van der Waals surface area contributed by atoms with Gasteiger partial charge in [0.05, 0.1) is 12.0 Å². The fraction of sp³-hybridized carbons (Fsp3) is 0.455. The third kappa shape index (κ3) is 2.42. The Balaban J connectivity index is 1.97. The fourth-order valence-electron chi connectivity index (χ4n) is 1.73. The van der Waals surface area contributed by atoms with Crippen molar-refractivity contribution in [2.45, 2.75) is 26.4 Å². The predicted molar refractivity (Wildman–Crippen MR) is 63.3 cm³/mol. The van der Waals surface area contributed by atoms with Gasteiger partial charge in [-0.3, -0.25) is 0 Å². The first kappa shape index (κ1) is 10.7. The van der Waals surface area contributed by atoms with Crippen LogP contribution in [0.3, 0.4) is 0 Å². The highest BCUT2D eigenvalue weighted by Gasteiger charge is 2.07. The van der Waals surface area contributed by atoms with Gasteiger partial charge in [-0.2, -0.15) is 0 Å². The minimum atomic E-state index is 0.315. The lowest BCUT2D eigenvalue weighted by Gasteiger charge is -2.14. The summed E-state index contributed by atoms with van der Waals surface area (Å²) in [5, 5.41) is 3.37. The largest absolute Gasteiger partial charge is 0.351 e. The molecule has 1 N–H and O–H groups in total. The lowest BCUT2D eigenvalue weighted by molar-refractivity contribution is 0.612. The van der Waals surface area contributed by atoms with Crippen molar-refractivity contribution in [2.75, 3.05) is 5.32 Å². The molecule has 0 aromatic carbocycles. The summed E-state index contributed by atoms with van der Waals surface area (Å²) in [6, 6.07) is 0.315. The van der Waals surface area contributed by atoms with E-state index in [4.69, 9.17) is 0 Å². The van der Waals surface area contributed by atoms with E-state index in [0.29, 0.717) is 6.04 Å². The van der Waals surface area contributed by atoms with Crippen molar-refractivity contribution >= 4 is 5.95 Å². The molecule has 0 amide bonds. The SMILES string of the molecule is Cc1cn(C)c(NC(C)Cn2ccnc2)n1. The van der Waals surface area contributed by atoms with E-state index in [1.165, 1.54) is 0 Å². The molecule has 0 saturated carbocycles. The zero-order chi connectivity index (χ0) is 11.5. The molecule has 2 heterocycles. The molecule has 0 radical (unpaired) electrons. The molecule has 0 spiro atoms. The molecule has 1 unspecified atom stereocenters. The van der Waals surface area contributed by atoms with Crippen LogP contribution in [0.25, 0.3) is 0 Å². The second kappa shape index (κ2) is 4.38. The maximum absolute atomic E-state index is 4.41. The van der Waals surface area contributed by atoms with Crippen LogP contribution in [0.2, 0.25) is 0 Å². The molecule has 0 aliphatic carbocycles. The maximum atomic E-state index is 4.41. The molecule has 0 aliphatic rings. The molecule has 0 bridgehead atoms. The lowest BCUT2D eigenvalue weighted by Crippen LogP contribution is -2.23. The third-order valence-electron chi connectivity index (χ3n) is 2.42. The Morgan fingerprint density at radius 1 is 1.50 bits per heavy atom. The van der Waals surface area contributed by atoms with E-state index in [-0.39, 0.29) is 0 Å². The topological polar surface area (TPSA) is 47.7 Å². The molecule has 1 atom stereocenters. The van der Waals surface area contributed by atoms with Crippen molar-refractivity contribution in [1.29, 1.82) is 0 Å². The van der Waals surface area contributed by atoms with Crippen molar-refractivity contribution in [2.24, 2.45) is 7.05 Å². The quantitative estimate of drug-likeness (QED) is 0.846. The lowest BCUT2D eigenvalue weighted by atomic mass is 10.3. The van der Waals surface area contributed by atoms with E-state index in [1.54, 1.807) is 6.20 Å². The van der Waals surface area contributed by atoms with Crippen molar-refractivity contribution in [3.05, 3.63) is 30.6 Å². The molecule has 2 aromatic rings. The monoisotopic (exact) mass is 219 g/mol. The van der Waals surface area contributed by atoms with Gasteiger partial charge in [0.15, 0.2) is 0 Å². The van der Waals surface area contributed by atoms with Crippen LogP contribution in [-0.2, 0) is 13.6 Å². The highest BCUT2D eigenvalue weighted by atomic mass is 15.2. The summed E-state index contributed by atoms with van der Waals surface area (Å²) in [5.41, 5.74) is 1.03. The van der Waals surface area contributed by atoms with Gasteiger partial charge in [0.2, 0.25) is 5.95 Å². The van der Waals surface area contributed by atoms with Crippen LogP contribution >= 0.6 is 0 Å². The van der Waals surface area contributed by atoms with Crippen LogP contribution in [0.15, 0.2) is 24.9 Å². The van der Waals surface area contributed by atoms with Gasteiger partial charge in [0.25, 0.3) is 0 Å². The summed E-state index contributed by atoms with van der Waals surface area (Å²) in [4.78, 5) is 8.42. The minimum Gasteiger partial charge on any atom is -0.351 e. The number of nitrogens with one attached hydrogen (secondary N) is 1. The van der Waals surface area contributed by atoms with Crippen LogP contribution in [-0.4, -0.2) is 25.1 Å². The third-order valence-corrected chi connectivity index (χ3v) is 2.42. The van der Waals surface area contributed by atoms with Crippen molar-refractivity contribution in [1.82, 2.24) is 19.1 Å². The number of aromatic nitrogens is 4. The van der Waals surface area contributed by atoms with Crippen LogP contribution in [0.1, 0.15) is 12.6 Å². The number of rotatable bonds is 4. The van der Waals surface area contributed by atoms with E-state index in [2.05, 4.69) is 22.2 Å². The van der Waals surface area contributed by atoms with Gasteiger partial charge < -0.3 is 14.5 Å². The van der Waals surface area contributed by atoms with Gasteiger partial charge in [0, 0.05) is 38.2 Å². The number of hydrogen-bond acceptors (Lipinski definition) is 3. The average molecular weight is 219 g/mol. The highest BCUT2D eigenvalue weighted by molar-refractivity contribution is 5.29. The minimum absolute atomic E-state index is 0.315. The Morgan fingerprint density at radius 2 is 2.31 bits per heavy atom. The summed E-state index contributed by atoms with van der Waals surface area (Å²) < 4.78 is 4.05. The van der Waals surface area contributed by atoms with Crippen LogP contribution < -0.4 is 5.32 Å². The Hall–Kier alpha value is -1.78. The first-order chi connectivity index (χ1) is 7.65. The Labute approximate surface area is 95.1 Å². The summed E-state index contributed by atoms with van der Waals surface area (Å²) in [6.07, 6.45) is 7.58. The molecule has 2 aromatic heterocycles. The molecule has 5 nitrogen and oxygen atoms in total. The normalized spacial score (nSPS) is 12.7. The van der Waals surface area contributed by atoms with Gasteiger partial charge in [-0.25, -0.2) is 9.97 Å². The number of anilines is 1. The molecule has 16 heavy (non-hydrogen) atoms. The summed E-state index contributed by atoms with van der Waals surface area (Å²) in [7, 11) is 1.99. The Kier molecular flexibility index (Phi) is 2.94. The summed E-state index contributed by atoms with van der Waals surface area (Å²) in [6.45, 7) is 5.00. The average Bonchev–Trinajstić information content (AvgIpc) is 2.78. The second-order valence-corrected chi connectivity index (χ2v) is 4.12. The number of hydrogen-bond donors (Lipinski definition) is 1. The molecule has 5 heteroatoms. The molecule has 0 saturated heterocycles. The number of aryl methyl sites for hydroxylation is 2. The van der Waals surface area contributed by atoms with E-state index in [1.807, 2.05) is 41.8 Å². The van der Waals surface area contributed by atoms with E-state index < -0.39 is 0 Å². The Bertz CT molecular complexity index is 443. The number of nitrogens with zero attached hydrogens (tertiary/aromatic N) is 4. The molecular formula is C11H17N5. The van der Waals surface area contributed by atoms with Crippen LogP contribution in [0.4, 0.5) is 5.95 Å². The van der Waals surface area contributed by atoms with Gasteiger partial charge in [-0.1, -0.05) is 0 Å². The first-order valence-electron chi connectivity index (χ1n) is 5.37. The van der Waals surface area contributed by atoms with E-state index in [0.717, 1.165) is 18.2 Å². The van der Waals surface area contributed by atoms with Crippen molar-refractivity contribution < 1.29 is 0 Å². The van der Waals surface area contributed by atoms with Gasteiger partial charge in [0.1, 0.15) is 0 Å². The van der Waals surface area contributed by atoms with E-state index in [9.17, 15) is 0 Å². The van der Waals surface area contributed by atoms with Gasteiger partial charge in [-0.15, -0.1) is 0 Å². The zero-order valence-corrected chi connectivity index (χ0v) is 9.88. The first-order valence-corrected chi connectivity index (χ1v) is 5.37. The smallest absolute Gasteiger partial charge is 0.203 e. The zero-order valence-electron chi connectivity index (χ0n) is 9.88. The molecule has 86 valence electrons. The molecule has 0 fully saturated rings. The van der Waals surface area contributed by atoms with E-state index >= 15 is 0 Å². The molecular weight excluding hydrogens is 202 g/mol. The van der Waals surface area contributed by atoms with Gasteiger partial charge in [-0.05, 0) is 13.8 Å². The summed E-state index contributed by atoms with van der Waals surface area (Å²) in [5.74, 6) is 0.908. The number of imidazole rings is 2. The molecule has 2 rings (SSSR count). The fourth-order valence-corrected chi connectivity index (χ4v) is 1.73. The molecule has 0 aliphatic heterocycles. The standard InChI is InChI=1S/C11H17N5/c1-9-6-15(3)11(13-9)14-10(2)7-16-5-4-12-8-16/h4-6,8,10H,7H2,1-3H3,(H,13,14). The van der Waals surface area contributed by atoms with Crippen LogP contribution in [0.5, 0.6) is 0 Å². The van der Waals surface area contributed by atoms with Crippen molar-refractivity contribution in [3.63, 3.8) is 0 Å². The van der Waals surface area contributed by atoms with Crippen LogP contribution in [0, 0.1) is 6.92 Å². The highest BCUT2D eigenvalue weighted by Crippen LogP contribution is 2.07. The predicted octanol–water partition coefficient (Wildman–Crippen LogP) is 1.43. The Morgan fingerprint density at radius 3 is 2.88 bits per heavy atom. The van der Waals surface area contributed by atoms with Gasteiger partial charge >= 0.3 is 0 Å². The maximum Gasteiger partial charge on any atom is 0.203 e. The summed E-state index contributed by atoms with van der Waals surface area (Å²) >= 11 is 0. The van der Waals surface area contributed by atoms with Crippen molar-refractivity contribution in [3.8, 4) is 0 Å².